The summed E-state index contributed by atoms with van der Waals surface area (Å²) >= 11 is 0. The molecular formula is C21H24N2O2. The number of nitrogens with zero attached hydrogens (tertiary/aromatic N) is 2. The zero-order valence-electron chi connectivity index (χ0n) is 14.6. The predicted molar refractivity (Wildman–Crippen MR) is 98.0 cm³/mol. The van der Waals surface area contributed by atoms with Crippen molar-refractivity contribution in [3.05, 3.63) is 54.7 Å². The highest BCUT2D eigenvalue weighted by Gasteiger charge is 2.44. The molecule has 0 N–H and O–H groups in total. The first-order valence-corrected chi connectivity index (χ1v) is 9.05. The van der Waals surface area contributed by atoms with Gasteiger partial charge in [0, 0.05) is 30.6 Å². The largest absolute Gasteiger partial charge is 0.456 e. The summed E-state index contributed by atoms with van der Waals surface area (Å²) < 4.78 is 5.87. The third-order valence-electron chi connectivity index (χ3n) is 5.79. The summed E-state index contributed by atoms with van der Waals surface area (Å²) in [5, 5.41) is 1.07. The maximum absolute atomic E-state index is 11.9. The molecule has 5 atom stereocenters. The van der Waals surface area contributed by atoms with E-state index in [0.29, 0.717) is 11.8 Å². The number of carbonyl (C=O) groups is 1. The van der Waals surface area contributed by atoms with Crippen LogP contribution in [0.15, 0.2) is 49.2 Å². The molecule has 1 aromatic heterocycles. The molecule has 3 aliphatic heterocycles. The lowest BCUT2D eigenvalue weighted by atomic mass is 9.73. The molecule has 2 bridgehead atoms. The van der Waals surface area contributed by atoms with Crippen LogP contribution in [0.3, 0.4) is 0 Å². The van der Waals surface area contributed by atoms with Crippen molar-refractivity contribution in [1.82, 2.24) is 9.88 Å². The van der Waals surface area contributed by atoms with E-state index in [0.717, 1.165) is 36.0 Å². The zero-order chi connectivity index (χ0) is 17.4. The average molecular weight is 336 g/mol. The van der Waals surface area contributed by atoms with Gasteiger partial charge >= 0.3 is 5.97 Å². The van der Waals surface area contributed by atoms with Gasteiger partial charge in [-0.2, -0.15) is 0 Å². The molecule has 5 rings (SSSR count). The first kappa shape index (κ1) is 16.3. The molecule has 2 aromatic rings. The van der Waals surface area contributed by atoms with Gasteiger partial charge < -0.3 is 4.74 Å². The van der Waals surface area contributed by atoms with E-state index in [-0.39, 0.29) is 18.1 Å². The van der Waals surface area contributed by atoms with Crippen molar-refractivity contribution in [3.8, 4) is 0 Å². The minimum absolute atomic E-state index is 0.227. The normalized spacial score (nSPS) is 29.3. The molecule has 0 aliphatic carbocycles. The summed E-state index contributed by atoms with van der Waals surface area (Å²) in [6.07, 6.45) is 5.91. The van der Waals surface area contributed by atoms with Crippen LogP contribution < -0.4 is 0 Å². The topological polar surface area (TPSA) is 42.4 Å². The Morgan fingerprint density at radius 1 is 1.40 bits per heavy atom. The van der Waals surface area contributed by atoms with Crippen molar-refractivity contribution in [2.45, 2.75) is 31.9 Å². The van der Waals surface area contributed by atoms with E-state index in [4.69, 9.17) is 4.74 Å². The third kappa shape index (κ3) is 2.95. The SMILES string of the molecule is C=CC1CN2CCC1C[C@H]2C(OC(C)=O)c1ccnc2ccccc12. The fraction of sp³-hybridized carbons (Fsp3) is 0.429. The molecule has 4 nitrogen and oxygen atoms in total. The number of rotatable bonds is 4. The van der Waals surface area contributed by atoms with Crippen molar-refractivity contribution in [3.63, 3.8) is 0 Å². The highest BCUT2D eigenvalue weighted by Crippen LogP contribution is 2.43. The summed E-state index contributed by atoms with van der Waals surface area (Å²) in [5.74, 6) is 0.963. The second kappa shape index (κ2) is 6.60. The first-order valence-electron chi connectivity index (χ1n) is 9.05. The second-order valence-corrected chi connectivity index (χ2v) is 7.19. The number of fused-ring (bicyclic) bond motifs is 4. The van der Waals surface area contributed by atoms with Crippen LogP contribution in [0.25, 0.3) is 10.9 Å². The van der Waals surface area contributed by atoms with Crippen molar-refractivity contribution in [2.24, 2.45) is 11.8 Å². The molecule has 4 heterocycles. The molecule has 0 saturated carbocycles. The van der Waals surface area contributed by atoms with Gasteiger partial charge in [0.2, 0.25) is 0 Å². The van der Waals surface area contributed by atoms with Crippen LogP contribution in [0, 0.1) is 11.8 Å². The Morgan fingerprint density at radius 3 is 2.96 bits per heavy atom. The van der Waals surface area contributed by atoms with Gasteiger partial charge in [-0.3, -0.25) is 14.7 Å². The average Bonchev–Trinajstić information content (AvgIpc) is 2.66. The smallest absolute Gasteiger partial charge is 0.303 e. The van der Waals surface area contributed by atoms with Gasteiger partial charge in [0.15, 0.2) is 0 Å². The lowest BCUT2D eigenvalue weighted by molar-refractivity contribution is -0.154. The number of hydrogen-bond acceptors (Lipinski definition) is 4. The van der Waals surface area contributed by atoms with E-state index in [2.05, 4.69) is 28.6 Å². The van der Waals surface area contributed by atoms with Gasteiger partial charge in [-0.1, -0.05) is 24.3 Å². The molecule has 3 aliphatic rings. The maximum atomic E-state index is 11.9. The number of hydrogen-bond donors (Lipinski definition) is 0. The summed E-state index contributed by atoms with van der Waals surface area (Å²) in [7, 11) is 0. The van der Waals surface area contributed by atoms with Gasteiger partial charge in [0.1, 0.15) is 6.10 Å². The van der Waals surface area contributed by atoms with E-state index in [1.54, 1.807) is 0 Å². The second-order valence-electron chi connectivity index (χ2n) is 7.19. The Hall–Kier alpha value is -2.20. The van der Waals surface area contributed by atoms with Crippen LogP contribution in [0.2, 0.25) is 0 Å². The van der Waals surface area contributed by atoms with E-state index in [1.807, 2.05) is 30.5 Å². The lowest BCUT2D eigenvalue weighted by Crippen LogP contribution is -2.55. The van der Waals surface area contributed by atoms with Gasteiger partial charge in [-0.05, 0) is 43.4 Å². The van der Waals surface area contributed by atoms with Crippen LogP contribution in [-0.4, -0.2) is 35.0 Å². The summed E-state index contributed by atoms with van der Waals surface area (Å²) in [6, 6.07) is 10.3. The number of pyridine rings is 1. The Kier molecular flexibility index (Phi) is 4.30. The van der Waals surface area contributed by atoms with Gasteiger partial charge in [0.25, 0.3) is 0 Å². The Morgan fingerprint density at radius 2 is 2.24 bits per heavy atom. The number of carbonyl (C=O) groups excluding carboxylic acids is 1. The van der Waals surface area contributed by atoms with Crippen molar-refractivity contribution in [2.75, 3.05) is 13.1 Å². The molecule has 0 amide bonds. The van der Waals surface area contributed by atoms with Gasteiger partial charge in [-0.15, -0.1) is 6.58 Å². The Labute approximate surface area is 148 Å². The molecule has 0 radical (unpaired) electrons. The number of piperidine rings is 3. The summed E-state index contributed by atoms with van der Waals surface area (Å²) in [4.78, 5) is 18.8. The van der Waals surface area contributed by atoms with Crippen molar-refractivity contribution in [1.29, 1.82) is 0 Å². The number of benzene rings is 1. The fourth-order valence-corrected chi connectivity index (χ4v) is 4.59. The molecule has 130 valence electrons. The summed E-state index contributed by atoms with van der Waals surface area (Å²) in [5.41, 5.74) is 2.01. The molecule has 0 spiro atoms. The first-order chi connectivity index (χ1) is 12.2. The van der Waals surface area contributed by atoms with E-state index >= 15 is 0 Å². The zero-order valence-corrected chi connectivity index (χ0v) is 14.6. The monoisotopic (exact) mass is 336 g/mol. The number of esters is 1. The number of para-hydroxylation sites is 1. The predicted octanol–water partition coefficient (Wildman–Crippen LogP) is 3.74. The third-order valence-corrected chi connectivity index (χ3v) is 5.79. The van der Waals surface area contributed by atoms with Crippen LogP contribution >= 0.6 is 0 Å². The highest BCUT2D eigenvalue weighted by atomic mass is 16.5. The molecule has 4 heteroatoms. The maximum Gasteiger partial charge on any atom is 0.303 e. The van der Waals surface area contributed by atoms with E-state index in [1.165, 1.54) is 13.3 Å². The molecule has 25 heavy (non-hydrogen) atoms. The Bertz CT molecular complexity index is 798. The minimum atomic E-state index is -0.251. The van der Waals surface area contributed by atoms with E-state index in [9.17, 15) is 4.79 Å². The quantitative estimate of drug-likeness (QED) is 0.630. The molecule has 4 unspecified atom stereocenters. The number of aromatic nitrogens is 1. The molecule has 3 saturated heterocycles. The van der Waals surface area contributed by atoms with Gasteiger partial charge in [-0.25, -0.2) is 0 Å². The van der Waals surface area contributed by atoms with Crippen LogP contribution in [0.4, 0.5) is 0 Å². The van der Waals surface area contributed by atoms with Crippen LogP contribution in [-0.2, 0) is 9.53 Å². The molecule has 3 fully saturated rings. The molecular weight excluding hydrogens is 312 g/mol. The minimum Gasteiger partial charge on any atom is -0.456 e. The van der Waals surface area contributed by atoms with Crippen molar-refractivity contribution < 1.29 is 9.53 Å². The lowest BCUT2D eigenvalue weighted by Gasteiger charge is -2.51. The van der Waals surface area contributed by atoms with Crippen molar-refractivity contribution >= 4 is 16.9 Å². The highest BCUT2D eigenvalue weighted by molar-refractivity contribution is 5.82. The Balaban J connectivity index is 1.74. The van der Waals surface area contributed by atoms with Crippen LogP contribution in [0.5, 0.6) is 0 Å². The van der Waals surface area contributed by atoms with Gasteiger partial charge in [0.05, 0.1) is 11.6 Å². The molecule has 1 aromatic carbocycles. The fourth-order valence-electron chi connectivity index (χ4n) is 4.59. The van der Waals surface area contributed by atoms with E-state index < -0.39 is 0 Å². The van der Waals surface area contributed by atoms with Crippen LogP contribution in [0.1, 0.15) is 31.4 Å². The summed E-state index contributed by atoms with van der Waals surface area (Å²) in [6.45, 7) is 7.58. The number of ether oxygens (including phenoxy) is 1. The standard InChI is InChI=1S/C21H24N2O2/c1-3-15-13-23-11-9-16(15)12-20(23)21(25-14(2)24)18-8-10-22-19-7-5-4-6-17(18)19/h3-8,10,15-16,20-21H,1,9,11-13H2,2H3/t15?,16?,20-,21?/m0/s1.